The van der Waals surface area contributed by atoms with E-state index >= 15 is 0 Å². The van der Waals surface area contributed by atoms with Gasteiger partial charge in [0.1, 0.15) is 17.7 Å². The molecule has 0 unspecified atom stereocenters. The molecule has 1 amide bonds. The number of likely N-dealkylation sites (tertiary alicyclic amines) is 1. The Morgan fingerprint density at radius 1 is 1.30 bits per heavy atom. The number of phenols is 1. The topological polar surface area (TPSA) is 114 Å². The Morgan fingerprint density at radius 3 is 2.70 bits per heavy atom. The molecule has 0 aliphatic carbocycles. The standard InChI is InChI=1S/C21H28N6O3/c1-12-7-13(2)19(17(28)8-12)16-9-22-21(25-24-16)23-15-5-4-6-26(10-15)11-18(29)27-14(3)20(27)30/h7-9,14-15,20,28,30H,4-6,10-11H2,1-3H3,(H,22,23,25)/t14-,15+,20-,27?/m0/s1. The Kier molecular flexibility index (Phi) is 5.57. The van der Waals surface area contributed by atoms with E-state index in [0.29, 0.717) is 30.3 Å². The largest absolute Gasteiger partial charge is 0.507 e. The van der Waals surface area contributed by atoms with Crippen LogP contribution < -0.4 is 5.32 Å². The fourth-order valence-corrected chi connectivity index (χ4v) is 4.21. The second-order valence-electron chi connectivity index (χ2n) is 8.32. The predicted molar refractivity (Wildman–Crippen MR) is 112 cm³/mol. The molecule has 2 aliphatic rings. The first-order valence-electron chi connectivity index (χ1n) is 10.3. The Hall–Kier alpha value is -2.78. The minimum atomic E-state index is -0.634. The second kappa shape index (κ2) is 8.16. The van der Waals surface area contributed by atoms with E-state index in [1.807, 2.05) is 26.8 Å². The maximum Gasteiger partial charge on any atom is 0.242 e. The maximum atomic E-state index is 12.3. The quantitative estimate of drug-likeness (QED) is 0.630. The van der Waals surface area contributed by atoms with Gasteiger partial charge in [0.05, 0.1) is 18.8 Å². The highest BCUT2D eigenvalue weighted by Gasteiger charge is 2.46. The highest BCUT2D eigenvalue weighted by atomic mass is 16.3. The number of phenolic OH excluding ortho intramolecular Hbond substituents is 1. The van der Waals surface area contributed by atoms with Crippen LogP contribution in [0.1, 0.15) is 30.9 Å². The Morgan fingerprint density at radius 2 is 2.07 bits per heavy atom. The van der Waals surface area contributed by atoms with Crippen LogP contribution in [0.15, 0.2) is 18.3 Å². The Balaban J connectivity index is 1.37. The number of carbonyl (C=O) groups excluding carboxylic acids is 1. The van der Waals surface area contributed by atoms with E-state index in [4.69, 9.17) is 0 Å². The van der Waals surface area contributed by atoms with Crippen molar-refractivity contribution < 1.29 is 15.0 Å². The maximum absolute atomic E-state index is 12.3. The zero-order valence-corrected chi connectivity index (χ0v) is 17.5. The summed E-state index contributed by atoms with van der Waals surface area (Å²) in [6.45, 7) is 7.56. The smallest absolute Gasteiger partial charge is 0.242 e. The first-order chi connectivity index (χ1) is 14.3. The number of rotatable bonds is 5. The highest BCUT2D eigenvalue weighted by Crippen LogP contribution is 2.31. The van der Waals surface area contributed by atoms with Crippen LogP contribution >= 0.6 is 0 Å². The minimum absolute atomic E-state index is 0.0359. The van der Waals surface area contributed by atoms with Crippen molar-refractivity contribution in [2.45, 2.75) is 51.9 Å². The number of benzene rings is 1. The van der Waals surface area contributed by atoms with E-state index in [1.165, 1.54) is 4.90 Å². The summed E-state index contributed by atoms with van der Waals surface area (Å²) < 4.78 is 0. The van der Waals surface area contributed by atoms with Gasteiger partial charge in [0, 0.05) is 18.2 Å². The van der Waals surface area contributed by atoms with Gasteiger partial charge in [0.15, 0.2) is 0 Å². The summed E-state index contributed by atoms with van der Waals surface area (Å²) in [6, 6.07) is 3.72. The molecule has 9 nitrogen and oxygen atoms in total. The molecule has 0 saturated carbocycles. The summed E-state index contributed by atoms with van der Waals surface area (Å²) in [7, 11) is 0. The van der Waals surface area contributed by atoms with Crippen LogP contribution in [-0.2, 0) is 4.79 Å². The zero-order valence-electron chi connectivity index (χ0n) is 17.5. The van der Waals surface area contributed by atoms with Crippen LogP contribution in [0.4, 0.5) is 5.95 Å². The number of nitrogens with one attached hydrogen (secondary N) is 1. The highest BCUT2D eigenvalue weighted by molar-refractivity contribution is 5.81. The minimum Gasteiger partial charge on any atom is -0.507 e. The molecule has 1 aromatic heterocycles. The lowest BCUT2D eigenvalue weighted by Gasteiger charge is -2.32. The summed E-state index contributed by atoms with van der Waals surface area (Å²) in [4.78, 5) is 20.2. The average molecular weight is 412 g/mol. The van der Waals surface area contributed by atoms with Crippen LogP contribution in [0.2, 0.25) is 0 Å². The molecular formula is C21H28N6O3. The molecule has 0 bridgehead atoms. The molecular weight excluding hydrogens is 384 g/mol. The van der Waals surface area contributed by atoms with Crippen molar-refractivity contribution in [2.75, 3.05) is 25.0 Å². The summed E-state index contributed by atoms with van der Waals surface area (Å²) in [6.07, 6.45) is 2.90. The number of hydrogen-bond donors (Lipinski definition) is 3. The normalized spacial score (nSPS) is 24.0. The summed E-state index contributed by atoms with van der Waals surface area (Å²) in [5.74, 6) is 0.560. The second-order valence-corrected chi connectivity index (χ2v) is 8.32. The third kappa shape index (κ3) is 4.22. The van der Waals surface area contributed by atoms with Crippen LogP contribution in [0.3, 0.4) is 0 Å². The fourth-order valence-electron chi connectivity index (χ4n) is 4.21. The third-order valence-electron chi connectivity index (χ3n) is 5.83. The first-order valence-corrected chi connectivity index (χ1v) is 10.3. The molecule has 3 heterocycles. The van der Waals surface area contributed by atoms with Gasteiger partial charge in [-0.25, -0.2) is 4.98 Å². The van der Waals surface area contributed by atoms with Crippen LogP contribution in [0, 0.1) is 13.8 Å². The van der Waals surface area contributed by atoms with Crippen LogP contribution in [-0.4, -0.2) is 79.0 Å². The van der Waals surface area contributed by atoms with Gasteiger partial charge in [-0.2, -0.15) is 0 Å². The van der Waals surface area contributed by atoms with E-state index in [1.54, 1.807) is 12.3 Å². The fraction of sp³-hybridized carbons (Fsp3) is 0.524. The molecule has 9 heteroatoms. The van der Waals surface area contributed by atoms with Crippen LogP contribution in [0.5, 0.6) is 5.75 Å². The number of nitrogens with zero attached hydrogens (tertiary/aromatic N) is 5. The van der Waals surface area contributed by atoms with Gasteiger partial charge in [0.25, 0.3) is 0 Å². The molecule has 30 heavy (non-hydrogen) atoms. The molecule has 1 aromatic carbocycles. The van der Waals surface area contributed by atoms with Gasteiger partial charge < -0.3 is 20.4 Å². The number of aryl methyl sites for hydroxylation is 2. The number of amides is 1. The van der Waals surface area contributed by atoms with E-state index in [-0.39, 0.29) is 23.7 Å². The molecule has 2 saturated heterocycles. The number of piperidine rings is 1. The molecule has 160 valence electrons. The lowest BCUT2D eigenvalue weighted by molar-refractivity contribution is -0.129. The van der Waals surface area contributed by atoms with Crippen molar-refractivity contribution in [3.63, 3.8) is 0 Å². The van der Waals surface area contributed by atoms with Gasteiger partial charge in [-0.1, -0.05) is 6.07 Å². The number of aromatic hydroxyl groups is 1. The van der Waals surface area contributed by atoms with Crippen molar-refractivity contribution in [1.82, 2.24) is 25.0 Å². The number of aliphatic hydroxyl groups excluding tert-OH is 1. The van der Waals surface area contributed by atoms with E-state index in [2.05, 4.69) is 25.4 Å². The van der Waals surface area contributed by atoms with Gasteiger partial charge in [-0.05, 0) is 57.4 Å². The van der Waals surface area contributed by atoms with E-state index in [0.717, 1.165) is 30.5 Å². The molecule has 2 aliphatic heterocycles. The lowest BCUT2D eigenvalue weighted by atomic mass is 10.0. The van der Waals surface area contributed by atoms with Crippen molar-refractivity contribution in [3.05, 3.63) is 29.5 Å². The number of aromatic nitrogens is 3. The zero-order chi connectivity index (χ0) is 21.4. The van der Waals surface area contributed by atoms with Gasteiger partial charge in [-0.3, -0.25) is 9.69 Å². The summed E-state index contributed by atoms with van der Waals surface area (Å²) >= 11 is 0. The summed E-state index contributed by atoms with van der Waals surface area (Å²) in [5.41, 5.74) is 3.07. The van der Waals surface area contributed by atoms with Crippen molar-refractivity contribution in [3.8, 4) is 17.0 Å². The van der Waals surface area contributed by atoms with Gasteiger partial charge >= 0.3 is 0 Å². The monoisotopic (exact) mass is 412 g/mol. The SMILES string of the molecule is Cc1cc(C)c(-c2cnc(N[C@@H]3CCCN(CC(=O)N4[C@@H](C)[C@@H]4O)C3)nn2)c(O)c1. The number of carbonyl (C=O) groups is 1. The third-order valence-corrected chi connectivity index (χ3v) is 5.83. The lowest BCUT2D eigenvalue weighted by Crippen LogP contribution is -2.45. The van der Waals surface area contributed by atoms with Crippen molar-refractivity contribution >= 4 is 11.9 Å². The molecule has 2 aromatic rings. The van der Waals surface area contributed by atoms with E-state index in [9.17, 15) is 15.0 Å². The molecule has 2 fully saturated rings. The van der Waals surface area contributed by atoms with Crippen LogP contribution in [0.25, 0.3) is 11.3 Å². The van der Waals surface area contributed by atoms with Gasteiger partial charge in [0.2, 0.25) is 11.9 Å². The molecule has 3 atom stereocenters. The number of anilines is 1. The molecule has 4 rings (SSSR count). The Bertz CT molecular complexity index is 904. The van der Waals surface area contributed by atoms with E-state index < -0.39 is 6.23 Å². The molecule has 0 spiro atoms. The van der Waals surface area contributed by atoms with Gasteiger partial charge in [-0.15, -0.1) is 10.2 Å². The summed E-state index contributed by atoms with van der Waals surface area (Å²) in [5, 5.41) is 31.6. The predicted octanol–water partition coefficient (Wildman–Crippen LogP) is 1.29. The molecule has 0 radical (unpaired) electrons. The molecule has 3 N–H and O–H groups in total. The number of hydrogen-bond acceptors (Lipinski definition) is 8. The van der Waals surface area contributed by atoms with Crippen molar-refractivity contribution in [2.24, 2.45) is 0 Å². The van der Waals surface area contributed by atoms with Crippen molar-refractivity contribution in [1.29, 1.82) is 0 Å². The number of aliphatic hydroxyl groups is 1. The average Bonchev–Trinajstić information content (AvgIpc) is 3.29. The Labute approximate surface area is 175 Å². The first kappa shape index (κ1) is 20.5.